The number of likely N-dealkylation sites (tertiary alicyclic amines) is 1. The van der Waals surface area contributed by atoms with E-state index in [9.17, 15) is 18.0 Å². The van der Waals surface area contributed by atoms with Crippen LogP contribution in [0.25, 0.3) is 0 Å². The van der Waals surface area contributed by atoms with E-state index in [0.29, 0.717) is 49.6 Å². The molecule has 2 aromatic rings. The van der Waals surface area contributed by atoms with Gasteiger partial charge in [-0.05, 0) is 54.5 Å². The van der Waals surface area contributed by atoms with Crippen molar-refractivity contribution in [3.63, 3.8) is 0 Å². The topological polar surface area (TPSA) is 57.2 Å². The quantitative estimate of drug-likeness (QED) is 0.493. The molecule has 2 bridgehead atoms. The number of benzene rings is 2. The van der Waals surface area contributed by atoms with Gasteiger partial charge >= 0.3 is 12.1 Å². The highest BCUT2D eigenvalue weighted by molar-refractivity contribution is 5.71. The molecule has 0 saturated carbocycles. The van der Waals surface area contributed by atoms with Gasteiger partial charge < -0.3 is 18.9 Å². The summed E-state index contributed by atoms with van der Waals surface area (Å²) < 4.78 is 64.8. The number of hydrogen-bond acceptors (Lipinski definition) is 6. The third-order valence-electron chi connectivity index (χ3n) is 8.06. The molecule has 2 fully saturated rings. The maximum absolute atomic E-state index is 14.0. The van der Waals surface area contributed by atoms with Gasteiger partial charge in [0.1, 0.15) is 17.6 Å². The highest BCUT2D eigenvalue weighted by Crippen LogP contribution is 2.44. The van der Waals surface area contributed by atoms with Crippen molar-refractivity contribution in [2.75, 3.05) is 26.8 Å². The van der Waals surface area contributed by atoms with Crippen LogP contribution in [0.3, 0.4) is 0 Å². The number of alkyl halides is 3. The molecule has 3 heterocycles. The monoisotopic (exact) mass is 517 g/mol. The minimum atomic E-state index is -4.41. The minimum absolute atomic E-state index is 0.0671. The molecule has 9 heteroatoms. The molecule has 1 aliphatic carbocycles. The van der Waals surface area contributed by atoms with Gasteiger partial charge in [0.15, 0.2) is 0 Å². The third kappa shape index (κ3) is 4.79. The number of morpholine rings is 1. The average Bonchev–Trinajstić information content (AvgIpc) is 3.55. The van der Waals surface area contributed by atoms with Crippen molar-refractivity contribution in [2.45, 2.75) is 69.1 Å². The summed E-state index contributed by atoms with van der Waals surface area (Å²) in [5.41, 5.74) is 2.34. The Morgan fingerprint density at radius 1 is 1.08 bits per heavy atom. The lowest BCUT2D eigenvalue weighted by atomic mass is 9.96. The second-order valence-electron chi connectivity index (χ2n) is 10.4. The van der Waals surface area contributed by atoms with Crippen molar-refractivity contribution in [1.29, 1.82) is 0 Å². The molecular formula is C28H30F3NO5. The fourth-order valence-corrected chi connectivity index (χ4v) is 6.31. The lowest BCUT2D eigenvalue weighted by Gasteiger charge is -2.33. The Balaban J connectivity index is 1.23. The van der Waals surface area contributed by atoms with Crippen molar-refractivity contribution in [3.8, 4) is 11.5 Å². The summed E-state index contributed by atoms with van der Waals surface area (Å²) in [7, 11) is 1.36. The van der Waals surface area contributed by atoms with Crippen molar-refractivity contribution in [3.05, 3.63) is 58.1 Å². The molecule has 2 unspecified atom stereocenters. The molecule has 0 aromatic heterocycles. The smallest absolute Gasteiger partial charge is 0.416 e. The maximum atomic E-state index is 14.0. The first-order valence-corrected chi connectivity index (χ1v) is 12.9. The number of fused-ring (bicyclic) bond motifs is 4. The van der Waals surface area contributed by atoms with E-state index in [1.165, 1.54) is 13.2 Å². The number of ether oxygens (including phenoxy) is 4. The molecule has 6 nitrogen and oxygen atoms in total. The van der Waals surface area contributed by atoms with Crippen LogP contribution in [0, 0.1) is 0 Å². The van der Waals surface area contributed by atoms with Crippen molar-refractivity contribution in [1.82, 2.24) is 4.90 Å². The fraction of sp³-hybridized carbons (Fsp3) is 0.536. The zero-order chi connectivity index (χ0) is 25.7. The van der Waals surface area contributed by atoms with E-state index in [-0.39, 0.29) is 43.2 Å². The van der Waals surface area contributed by atoms with Gasteiger partial charge in [0, 0.05) is 37.2 Å². The third-order valence-corrected chi connectivity index (χ3v) is 8.06. The minimum Gasteiger partial charge on any atom is -0.492 e. The van der Waals surface area contributed by atoms with Crippen LogP contribution < -0.4 is 9.47 Å². The molecule has 37 heavy (non-hydrogen) atoms. The lowest BCUT2D eigenvalue weighted by molar-refractivity contribution is -0.141. The van der Waals surface area contributed by atoms with E-state index in [0.717, 1.165) is 29.5 Å². The van der Waals surface area contributed by atoms with Crippen LogP contribution in [0.5, 0.6) is 11.5 Å². The van der Waals surface area contributed by atoms with Gasteiger partial charge in [-0.2, -0.15) is 13.2 Å². The van der Waals surface area contributed by atoms with Crippen LogP contribution in [-0.4, -0.2) is 49.9 Å². The number of carbonyl (C=O) groups excluding carboxylic acids is 1. The molecule has 0 N–H and O–H groups in total. The number of esters is 1. The summed E-state index contributed by atoms with van der Waals surface area (Å²) in [5, 5.41) is 0. The molecule has 4 aliphatic rings. The first-order valence-electron chi connectivity index (χ1n) is 12.9. The summed E-state index contributed by atoms with van der Waals surface area (Å²) >= 11 is 0. The van der Waals surface area contributed by atoms with Crippen LogP contribution in [0.1, 0.15) is 65.5 Å². The molecule has 2 aromatic carbocycles. The van der Waals surface area contributed by atoms with Crippen molar-refractivity contribution >= 4 is 5.97 Å². The zero-order valence-electron chi connectivity index (χ0n) is 20.7. The molecule has 0 amide bonds. The van der Waals surface area contributed by atoms with Gasteiger partial charge in [0.25, 0.3) is 0 Å². The van der Waals surface area contributed by atoms with Gasteiger partial charge in [0.05, 0.1) is 37.9 Å². The number of halogens is 3. The SMILES string of the molecule is COC(=O)C[C@@H]1COc2cc(O[C@@H]3CCc4c3ccc(C(F)(F)F)c4CN3CC4CCC(C3)O4)ccc21. The summed E-state index contributed by atoms with van der Waals surface area (Å²) in [6.07, 6.45) is -1.15. The Kier molecular flexibility index (Phi) is 6.31. The van der Waals surface area contributed by atoms with Gasteiger partial charge in [-0.3, -0.25) is 9.69 Å². The molecular weight excluding hydrogens is 487 g/mol. The highest BCUT2D eigenvalue weighted by Gasteiger charge is 2.40. The second-order valence-corrected chi connectivity index (χ2v) is 10.4. The summed E-state index contributed by atoms with van der Waals surface area (Å²) in [5.74, 6) is 0.909. The predicted molar refractivity (Wildman–Crippen MR) is 128 cm³/mol. The van der Waals surface area contributed by atoms with Gasteiger partial charge in [-0.15, -0.1) is 0 Å². The predicted octanol–water partition coefficient (Wildman–Crippen LogP) is 5.17. The average molecular weight is 518 g/mol. The Hall–Kier alpha value is -2.78. The summed E-state index contributed by atoms with van der Waals surface area (Å²) in [6.45, 7) is 2.01. The van der Waals surface area contributed by atoms with E-state index < -0.39 is 11.7 Å². The van der Waals surface area contributed by atoms with E-state index in [1.54, 1.807) is 12.1 Å². The standard InChI is InChI=1S/C28H30F3NO5/c1-34-27(33)10-16-15-35-26-11-17(4-5-20(16)26)37-25-9-7-21-22(25)6-8-24(28(29,30)31)23(21)14-32-12-18-2-3-19(13-32)36-18/h4-6,8,11,16,18-19,25H,2-3,7,9-10,12-15H2,1H3/t16-,18?,19?,25-/m1/s1. The van der Waals surface area contributed by atoms with E-state index in [1.807, 2.05) is 12.1 Å². The summed E-state index contributed by atoms with van der Waals surface area (Å²) in [4.78, 5) is 13.8. The molecule has 4 atom stereocenters. The van der Waals surface area contributed by atoms with Crippen LogP contribution in [0.4, 0.5) is 13.2 Å². The van der Waals surface area contributed by atoms with E-state index in [4.69, 9.17) is 18.9 Å². The Morgan fingerprint density at radius 2 is 1.84 bits per heavy atom. The Labute approximate surface area is 213 Å². The Bertz CT molecular complexity index is 1190. The number of rotatable bonds is 6. The normalized spacial score (nSPS) is 26.5. The van der Waals surface area contributed by atoms with Crippen LogP contribution in [0.2, 0.25) is 0 Å². The Morgan fingerprint density at radius 3 is 2.57 bits per heavy atom. The lowest BCUT2D eigenvalue weighted by Crippen LogP contribution is -2.42. The molecule has 0 radical (unpaired) electrons. The van der Waals surface area contributed by atoms with Gasteiger partial charge in [0.2, 0.25) is 0 Å². The van der Waals surface area contributed by atoms with Crippen molar-refractivity contribution < 1.29 is 36.9 Å². The molecule has 3 aliphatic heterocycles. The maximum Gasteiger partial charge on any atom is 0.416 e. The van der Waals surface area contributed by atoms with Crippen LogP contribution in [-0.2, 0) is 33.4 Å². The van der Waals surface area contributed by atoms with E-state index >= 15 is 0 Å². The van der Waals surface area contributed by atoms with Gasteiger partial charge in [-0.25, -0.2) is 0 Å². The number of nitrogens with zero attached hydrogens (tertiary/aromatic N) is 1. The number of carbonyl (C=O) groups is 1. The van der Waals surface area contributed by atoms with Crippen molar-refractivity contribution in [2.24, 2.45) is 0 Å². The largest absolute Gasteiger partial charge is 0.492 e. The molecule has 2 saturated heterocycles. The number of methoxy groups -OCH3 is 1. The first-order chi connectivity index (χ1) is 17.8. The summed E-state index contributed by atoms with van der Waals surface area (Å²) in [6, 6.07) is 8.34. The van der Waals surface area contributed by atoms with E-state index in [2.05, 4.69) is 4.90 Å². The molecule has 6 rings (SSSR count). The fourth-order valence-electron chi connectivity index (χ4n) is 6.31. The molecule has 0 spiro atoms. The first kappa shape index (κ1) is 24.6. The molecule has 198 valence electrons. The zero-order valence-corrected chi connectivity index (χ0v) is 20.7. The van der Waals surface area contributed by atoms with Gasteiger partial charge in [-0.1, -0.05) is 12.1 Å². The van der Waals surface area contributed by atoms with Crippen LogP contribution in [0.15, 0.2) is 30.3 Å². The highest BCUT2D eigenvalue weighted by atomic mass is 19.4. The second kappa shape index (κ2) is 9.51. The number of hydrogen-bond donors (Lipinski definition) is 0. The van der Waals surface area contributed by atoms with Crippen LogP contribution >= 0.6 is 0 Å².